The number of hydrogen-bond donors (Lipinski definition) is 4. The molecule has 0 bridgehead atoms. The lowest BCUT2D eigenvalue weighted by atomic mass is 10.2. The Morgan fingerprint density at radius 2 is 2.12 bits per heavy atom. The lowest BCUT2D eigenvalue weighted by Crippen LogP contribution is -2.24. The van der Waals surface area contributed by atoms with E-state index in [4.69, 9.17) is 9.47 Å². The Hall–Kier alpha value is -4.35. The number of hydrogen-bond acceptors (Lipinski definition) is 9. The first-order valence-electron chi connectivity index (χ1n) is 10.3. The van der Waals surface area contributed by atoms with E-state index in [0.29, 0.717) is 40.5 Å². The first kappa shape index (κ1) is 20.5. The quantitative estimate of drug-likeness (QED) is 0.309. The van der Waals surface area contributed by atoms with Gasteiger partial charge in [-0.1, -0.05) is 0 Å². The Labute approximate surface area is 186 Å². The summed E-state index contributed by atoms with van der Waals surface area (Å²) in [6, 6.07) is 5.76. The van der Waals surface area contributed by atoms with Crippen LogP contribution in [-0.2, 0) is 6.54 Å². The molecule has 4 N–H and O–H groups in total. The third-order valence-corrected chi connectivity index (χ3v) is 5.18. The zero-order valence-corrected chi connectivity index (χ0v) is 18.0. The fourth-order valence-corrected chi connectivity index (χ4v) is 3.35. The van der Waals surface area contributed by atoms with Gasteiger partial charge in [-0.05, 0) is 37.1 Å². The van der Waals surface area contributed by atoms with E-state index in [1.807, 2.05) is 18.2 Å². The van der Waals surface area contributed by atoms with Crippen LogP contribution in [-0.4, -0.2) is 54.9 Å². The zero-order valence-electron chi connectivity index (χ0n) is 18.0. The Balaban J connectivity index is 1.57. The van der Waals surface area contributed by atoms with E-state index in [1.54, 1.807) is 31.0 Å². The minimum absolute atomic E-state index is 0.219. The maximum Gasteiger partial charge on any atom is 0.326 e. The third-order valence-electron chi connectivity index (χ3n) is 5.18. The third kappa shape index (κ3) is 4.22. The van der Waals surface area contributed by atoms with E-state index in [1.165, 1.54) is 0 Å². The highest BCUT2D eigenvalue weighted by Gasteiger charge is 2.21. The van der Waals surface area contributed by atoms with Crippen LogP contribution < -0.4 is 31.3 Å². The van der Waals surface area contributed by atoms with E-state index in [0.717, 1.165) is 18.4 Å². The van der Waals surface area contributed by atoms with Crippen LogP contribution in [0.5, 0.6) is 17.4 Å². The average molecular weight is 450 g/mol. The van der Waals surface area contributed by atoms with Crippen LogP contribution in [0.2, 0.25) is 0 Å². The van der Waals surface area contributed by atoms with Gasteiger partial charge in [-0.3, -0.25) is 4.98 Å². The molecular weight excluding hydrogens is 428 g/mol. The van der Waals surface area contributed by atoms with Gasteiger partial charge in [-0.25, -0.2) is 9.79 Å². The van der Waals surface area contributed by atoms with Crippen molar-refractivity contribution in [1.29, 1.82) is 0 Å². The number of methoxy groups -OCH3 is 2. The van der Waals surface area contributed by atoms with Crippen molar-refractivity contribution < 1.29 is 14.6 Å². The van der Waals surface area contributed by atoms with Crippen LogP contribution in [0.4, 0.5) is 5.95 Å². The van der Waals surface area contributed by atoms with Crippen LogP contribution >= 0.6 is 0 Å². The number of H-pyrrole nitrogens is 2. The predicted molar refractivity (Wildman–Crippen MR) is 118 cm³/mol. The molecule has 1 aliphatic carbocycles. The predicted octanol–water partition coefficient (Wildman–Crippen LogP) is 0.0864. The lowest BCUT2D eigenvalue weighted by molar-refractivity contribution is 0.399. The molecule has 1 aromatic carbocycles. The summed E-state index contributed by atoms with van der Waals surface area (Å²) in [7, 11) is 3.21. The number of anilines is 1. The second-order valence-electron chi connectivity index (χ2n) is 7.56. The Kier molecular flexibility index (Phi) is 5.17. The SMILES string of the molecule is COc1ccc(OC)c(CNc2nc(=NC3CC3)n3nc/c(=C\c4[nH]c(=O)[nH]c4O)c3n2)c1. The average Bonchev–Trinajstić information content (AvgIpc) is 3.45. The van der Waals surface area contributed by atoms with Gasteiger partial charge in [-0.15, -0.1) is 0 Å². The molecule has 0 atom stereocenters. The van der Waals surface area contributed by atoms with Gasteiger partial charge in [0, 0.05) is 17.3 Å². The number of benzene rings is 1. The molecular formula is C21H22N8O4. The van der Waals surface area contributed by atoms with Crippen LogP contribution in [0.25, 0.3) is 11.7 Å². The molecule has 0 spiro atoms. The van der Waals surface area contributed by atoms with Gasteiger partial charge in [0.15, 0.2) is 5.65 Å². The molecule has 3 heterocycles. The topological polar surface area (TPSA) is 155 Å². The van der Waals surface area contributed by atoms with Crippen LogP contribution in [0.3, 0.4) is 0 Å². The summed E-state index contributed by atoms with van der Waals surface area (Å²) < 4.78 is 12.3. The number of nitrogens with one attached hydrogen (secondary N) is 3. The van der Waals surface area contributed by atoms with Gasteiger partial charge >= 0.3 is 5.69 Å². The van der Waals surface area contributed by atoms with Crippen molar-refractivity contribution in [1.82, 2.24) is 29.5 Å². The molecule has 0 amide bonds. The number of nitrogens with zero attached hydrogens (tertiary/aromatic N) is 5. The smallest absolute Gasteiger partial charge is 0.326 e. The first-order chi connectivity index (χ1) is 16.0. The van der Waals surface area contributed by atoms with E-state index >= 15 is 0 Å². The summed E-state index contributed by atoms with van der Waals surface area (Å²) in [5, 5.41) is 18.1. The molecule has 1 saturated carbocycles. The molecule has 5 rings (SSSR count). The molecule has 0 saturated heterocycles. The largest absolute Gasteiger partial charge is 0.497 e. The highest BCUT2D eigenvalue weighted by atomic mass is 16.5. The summed E-state index contributed by atoms with van der Waals surface area (Å²) in [4.78, 5) is 30.1. The van der Waals surface area contributed by atoms with Crippen molar-refractivity contribution >= 4 is 17.7 Å². The highest BCUT2D eigenvalue weighted by Crippen LogP contribution is 2.24. The normalized spacial score (nSPS) is 14.7. The van der Waals surface area contributed by atoms with Crippen LogP contribution in [0, 0.1) is 0 Å². The molecule has 12 heteroatoms. The second-order valence-corrected chi connectivity index (χ2v) is 7.56. The van der Waals surface area contributed by atoms with Gasteiger partial charge in [0.25, 0.3) is 5.62 Å². The van der Waals surface area contributed by atoms with E-state index in [2.05, 4.69) is 35.3 Å². The van der Waals surface area contributed by atoms with Crippen molar-refractivity contribution in [3.05, 3.63) is 57.0 Å². The Morgan fingerprint density at radius 3 is 2.82 bits per heavy atom. The maximum atomic E-state index is 11.5. The Morgan fingerprint density at radius 1 is 1.27 bits per heavy atom. The van der Waals surface area contributed by atoms with Crippen molar-refractivity contribution in [2.24, 2.45) is 4.99 Å². The summed E-state index contributed by atoms with van der Waals surface area (Å²) in [6.45, 7) is 0.387. The molecule has 3 aromatic heterocycles. The minimum Gasteiger partial charge on any atom is -0.497 e. The standard InChI is InChI=1S/C21H22N8O4/c1-32-14-5-6-16(33-2)11(7-14)9-22-19-26-17-12(8-15-18(30)27-21(31)25-15)10-23-29(17)20(28-19)24-13-3-4-13/h5-8,10,13,30H,3-4,9H2,1-2H3,(H,22,24,28)(H2,25,27,31)/b12-8+. The summed E-state index contributed by atoms with van der Waals surface area (Å²) in [6.07, 6.45) is 5.18. The molecule has 0 unspecified atom stereocenters. The number of rotatable bonds is 7. The molecule has 0 aliphatic heterocycles. The number of fused-ring (bicyclic) bond motifs is 1. The van der Waals surface area contributed by atoms with Gasteiger partial charge < -0.3 is 24.9 Å². The minimum atomic E-state index is -0.510. The monoisotopic (exact) mass is 450 g/mol. The summed E-state index contributed by atoms with van der Waals surface area (Å²) >= 11 is 0. The molecule has 1 fully saturated rings. The maximum absolute atomic E-state index is 11.5. The lowest BCUT2D eigenvalue weighted by Gasteiger charge is -2.11. The molecule has 12 nitrogen and oxygen atoms in total. The van der Waals surface area contributed by atoms with Gasteiger partial charge in [0.2, 0.25) is 11.8 Å². The second kappa shape index (κ2) is 8.30. The van der Waals surface area contributed by atoms with Crippen molar-refractivity contribution in [2.75, 3.05) is 19.5 Å². The number of imidazole rings is 1. The number of aromatic hydroxyl groups is 1. The number of aromatic amines is 2. The highest BCUT2D eigenvalue weighted by molar-refractivity contribution is 5.57. The van der Waals surface area contributed by atoms with Crippen molar-refractivity contribution in [3.8, 4) is 17.4 Å². The number of ether oxygens (including phenoxy) is 2. The fourth-order valence-electron chi connectivity index (χ4n) is 3.35. The molecule has 170 valence electrons. The van der Waals surface area contributed by atoms with Crippen LogP contribution in [0.15, 0.2) is 34.2 Å². The molecule has 4 aromatic rings. The molecule has 33 heavy (non-hydrogen) atoms. The van der Waals surface area contributed by atoms with Crippen molar-refractivity contribution in [3.63, 3.8) is 0 Å². The van der Waals surface area contributed by atoms with Crippen LogP contribution in [0.1, 0.15) is 24.1 Å². The fraction of sp³-hybridized carbons (Fsp3) is 0.286. The van der Waals surface area contributed by atoms with Gasteiger partial charge in [0.05, 0.1) is 26.5 Å². The Bertz CT molecular complexity index is 1500. The van der Waals surface area contributed by atoms with Crippen molar-refractivity contribution in [2.45, 2.75) is 25.4 Å². The first-order valence-corrected chi connectivity index (χ1v) is 10.3. The van der Waals surface area contributed by atoms with Gasteiger partial charge in [-0.2, -0.15) is 19.6 Å². The van der Waals surface area contributed by atoms with E-state index in [-0.39, 0.29) is 17.6 Å². The summed E-state index contributed by atoms with van der Waals surface area (Å²) in [5.74, 6) is 1.51. The number of aromatic nitrogens is 6. The van der Waals surface area contributed by atoms with Gasteiger partial charge in [0.1, 0.15) is 17.2 Å². The van der Waals surface area contributed by atoms with E-state index < -0.39 is 5.69 Å². The summed E-state index contributed by atoms with van der Waals surface area (Å²) in [5.41, 5.74) is 1.49. The zero-order chi connectivity index (χ0) is 22.9. The molecule has 0 radical (unpaired) electrons. The van der Waals surface area contributed by atoms with E-state index in [9.17, 15) is 9.90 Å². The molecule has 1 aliphatic rings.